The van der Waals surface area contributed by atoms with Crippen molar-refractivity contribution in [1.82, 2.24) is 5.32 Å². The molecule has 0 aliphatic carbocycles. The average Bonchev–Trinajstić information content (AvgIpc) is 2.42. The van der Waals surface area contributed by atoms with Crippen molar-refractivity contribution < 1.29 is 14.3 Å². The van der Waals surface area contributed by atoms with E-state index in [2.05, 4.69) is 19.2 Å². The van der Waals surface area contributed by atoms with E-state index in [1.807, 2.05) is 20.8 Å². The normalized spacial score (nSPS) is 24.9. The molecule has 17 heavy (non-hydrogen) atoms. The average molecular weight is 241 g/mol. The fraction of sp³-hybridized carbons (Fsp3) is 0.846. The van der Waals surface area contributed by atoms with Crippen LogP contribution in [0.3, 0.4) is 0 Å². The summed E-state index contributed by atoms with van der Waals surface area (Å²) in [5.74, 6) is 0.0682. The highest BCUT2D eigenvalue weighted by atomic mass is 16.6. The molecule has 1 N–H and O–H groups in total. The van der Waals surface area contributed by atoms with Crippen molar-refractivity contribution >= 4 is 11.9 Å². The van der Waals surface area contributed by atoms with Crippen molar-refractivity contribution in [2.75, 3.05) is 0 Å². The number of esters is 1. The third-order valence-electron chi connectivity index (χ3n) is 3.01. The van der Waals surface area contributed by atoms with Crippen molar-refractivity contribution in [2.24, 2.45) is 11.3 Å². The van der Waals surface area contributed by atoms with E-state index in [0.717, 1.165) is 6.42 Å². The molecule has 0 spiro atoms. The number of hydrogen-bond acceptors (Lipinski definition) is 3. The molecule has 0 aromatic heterocycles. The molecule has 0 saturated carbocycles. The van der Waals surface area contributed by atoms with Gasteiger partial charge in [-0.05, 0) is 19.3 Å². The summed E-state index contributed by atoms with van der Waals surface area (Å²) in [6.07, 6.45) is 1.28. The van der Waals surface area contributed by atoms with Crippen LogP contribution in [0.4, 0.5) is 0 Å². The summed E-state index contributed by atoms with van der Waals surface area (Å²) in [4.78, 5) is 23.5. The van der Waals surface area contributed by atoms with Gasteiger partial charge in [0.15, 0.2) is 0 Å². The van der Waals surface area contributed by atoms with Gasteiger partial charge in [0.2, 0.25) is 5.91 Å². The summed E-state index contributed by atoms with van der Waals surface area (Å²) >= 11 is 0. The first-order valence-corrected chi connectivity index (χ1v) is 6.24. The van der Waals surface area contributed by atoms with Crippen LogP contribution in [-0.4, -0.2) is 24.0 Å². The minimum atomic E-state index is -0.469. The molecule has 1 heterocycles. The number of hydrogen-bond donors (Lipinski definition) is 1. The quantitative estimate of drug-likeness (QED) is 0.765. The van der Waals surface area contributed by atoms with Crippen molar-refractivity contribution in [3.05, 3.63) is 0 Å². The lowest BCUT2D eigenvalue weighted by Gasteiger charge is -2.26. The van der Waals surface area contributed by atoms with Gasteiger partial charge in [-0.2, -0.15) is 0 Å². The second-order valence-corrected chi connectivity index (χ2v) is 5.99. The van der Waals surface area contributed by atoms with Gasteiger partial charge >= 0.3 is 5.97 Å². The zero-order valence-electron chi connectivity index (χ0n) is 11.4. The van der Waals surface area contributed by atoms with E-state index in [9.17, 15) is 9.59 Å². The summed E-state index contributed by atoms with van der Waals surface area (Å²) in [5, 5.41) is 2.79. The monoisotopic (exact) mass is 241 g/mol. The van der Waals surface area contributed by atoms with E-state index in [4.69, 9.17) is 4.74 Å². The van der Waals surface area contributed by atoms with Crippen LogP contribution in [0, 0.1) is 11.3 Å². The van der Waals surface area contributed by atoms with Gasteiger partial charge in [-0.15, -0.1) is 0 Å². The maximum absolute atomic E-state index is 12.1. The lowest BCUT2D eigenvalue weighted by atomic mass is 9.83. The standard InChI is InChI=1S/C13H23NO3/c1-8(2)7-13(4,5)12(16)14-10-6-9(3)17-11(10)15/h8-10H,6-7H2,1-5H3,(H,14,16)/t9-,10+/m1/s1. The molecule has 1 aliphatic rings. The number of carbonyl (C=O) groups excluding carboxylic acids is 2. The Morgan fingerprint density at radius 1 is 1.53 bits per heavy atom. The molecule has 0 unspecified atom stereocenters. The van der Waals surface area contributed by atoms with Crippen LogP contribution in [0.5, 0.6) is 0 Å². The van der Waals surface area contributed by atoms with Gasteiger partial charge < -0.3 is 10.1 Å². The highest BCUT2D eigenvalue weighted by Gasteiger charge is 2.37. The molecule has 98 valence electrons. The summed E-state index contributed by atoms with van der Waals surface area (Å²) in [5.41, 5.74) is -0.444. The molecule has 1 saturated heterocycles. The summed E-state index contributed by atoms with van der Waals surface area (Å²) in [6, 6.07) is -0.469. The Morgan fingerprint density at radius 2 is 2.12 bits per heavy atom. The minimum Gasteiger partial charge on any atom is -0.461 e. The van der Waals surface area contributed by atoms with Crippen molar-refractivity contribution in [2.45, 2.75) is 59.6 Å². The molecule has 0 bridgehead atoms. The fourth-order valence-corrected chi connectivity index (χ4v) is 2.34. The first-order valence-electron chi connectivity index (χ1n) is 6.24. The largest absolute Gasteiger partial charge is 0.461 e. The third kappa shape index (κ3) is 3.72. The Balaban J connectivity index is 2.57. The summed E-state index contributed by atoms with van der Waals surface area (Å²) in [6.45, 7) is 9.82. The smallest absolute Gasteiger partial charge is 0.329 e. The lowest BCUT2D eigenvalue weighted by Crippen LogP contribution is -2.45. The summed E-state index contributed by atoms with van der Waals surface area (Å²) in [7, 11) is 0. The molecule has 1 aliphatic heterocycles. The third-order valence-corrected chi connectivity index (χ3v) is 3.01. The molecule has 4 nitrogen and oxygen atoms in total. The minimum absolute atomic E-state index is 0.0674. The SMILES string of the molecule is CC(C)CC(C)(C)C(=O)N[C@H]1C[C@@H](C)OC1=O. The molecular weight excluding hydrogens is 218 g/mol. The molecule has 1 fully saturated rings. The Labute approximate surface area is 103 Å². The van der Waals surface area contributed by atoms with Crippen molar-refractivity contribution in [1.29, 1.82) is 0 Å². The Kier molecular flexibility index (Phi) is 4.17. The van der Waals surface area contributed by atoms with E-state index in [1.165, 1.54) is 0 Å². The van der Waals surface area contributed by atoms with Gasteiger partial charge in [0, 0.05) is 11.8 Å². The maximum atomic E-state index is 12.1. The second kappa shape index (κ2) is 5.07. The fourth-order valence-electron chi connectivity index (χ4n) is 2.34. The number of carbonyl (C=O) groups is 2. The van der Waals surface area contributed by atoms with Gasteiger partial charge in [0.1, 0.15) is 12.1 Å². The number of cyclic esters (lactones) is 1. The zero-order valence-corrected chi connectivity index (χ0v) is 11.4. The van der Waals surface area contributed by atoms with E-state index in [0.29, 0.717) is 12.3 Å². The van der Waals surface area contributed by atoms with Gasteiger partial charge in [0.05, 0.1) is 0 Å². The van der Waals surface area contributed by atoms with Crippen molar-refractivity contribution in [3.8, 4) is 0 Å². The van der Waals surface area contributed by atoms with Crippen LogP contribution in [0.1, 0.15) is 47.5 Å². The Bertz CT molecular complexity index is 310. The number of amides is 1. The van der Waals surface area contributed by atoms with Gasteiger partial charge in [0.25, 0.3) is 0 Å². The van der Waals surface area contributed by atoms with Crippen LogP contribution in [0.15, 0.2) is 0 Å². The van der Waals surface area contributed by atoms with Crippen LogP contribution in [0.2, 0.25) is 0 Å². The van der Waals surface area contributed by atoms with Gasteiger partial charge in [-0.3, -0.25) is 4.79 Å². The van der Waals surface area contributed by atoms with Crippen molar-refractivity contribution in [3.63, 3.8) is 0 Å². The molecular formula is C13H23NO3. The molecule has 1 rings (SSSR count). The predicted octanol–water partition coefficient (Wildman–Crippen LogP) is 1.88. The number of rotatable bonds is 4. The predicted molar refractivity (Wildman–Crippen MR) is 65.3 cm³/mol. The van der Waals surface area contributed by atoms with Crippen LogP contribution in [-0.2, 0) is 14.3 Å². The highest BCUT2D eigenvalue weighted by Crippen LogP contribution is 2.26. The van der Waals surface area contributed by atoms with Gasteiger partial charge in [-0.1, -0.05) is 27.7 Å². The lowest BCUT2D eigenvalue weighted by molar-refractivity contribution is -0.144. The molecule has 0 aromatic rings. The molecule has 0 aromatic carbocycles. The molecule has 4 heteroatoms. The molecule has 0 radical (unpaired) electrons. The van der Waals surface area contributed by atoms with Gasteiger partial charge in [-0.25, -0.2) is 4.79 Å². The zero-order chi connectivity index (χ0) is 13.2. The Morgan fingerprint density at radius 3 is 2.53 bits per heavy atom. The number of nitrogens with one attached hydrogen (secondary N) is 1. The first kappa shape index (κ1) is 14.0. The van der Waals surface area contributed by atoms with Crippen LogP contribution >= 0.6 is 0 Å². The van der Waals surface area contributed by atoms with E-state index in [1.54, 1.807) is 0 Å². The van der Waals surface area contributed by atoms with E-state index in [-0.39, 0.29) is 18.0 Å². The summed E-state index contributed by atoms with van der Waals surface area (Å²) < 4.78 is 5.01. The van der Waals surface area contributed by atoms with E-state index >= 15 is 0 Å². The topological polar surface area (TPSA) is 55.4 Å². The Hall–Kier alpha value is -1.06. The molecule has 1 amide bonds. The van der Waals surface area contributed by atoms with Crippen LogP contribution in [0.25, 0.3) is 0 Å². The van der Waals surface area contributed by atoms with Crippen LogP contribution < -0.4 is 5.32 Å². The maximum Gasteiger partial charge on any atom is 0.329 e. The highest BCUT2D eigenvalue weighted by molar-refractivity contribution is 5.88. The first-order chi connectivity index (χ1) is 7.72. The number of ether oxygens (including phenoxy) is 1. The second-order valence-electron chi connectivity index (χ2n) is 5.99. The molecule has 2 atom stereocenters. The van der Waals surface area contributed by atoms with E-state index < -0.39 is 11.5 Å².